The van der Waals surface area contributed by atoms with Gasteiger partial charge < -0.3 is 0 Å². The van der Waals surface area contributed by atoms with Crippen LogP contribution in [-0.4, -0.2) is 11.6 Å². The molecule has 0 bridgehead atoms. The van der Waals surface area contributed by atoms with Crippen LogP contribution in [0.1, 0.15) is 76.2 Å². The van der Waals surface area contributed by atoms with Crippen molar-refractivity contribution >= 4 is 17.6 Å². The molecule has 0 aliphatic heterocycles. The van der Waals surface area contributed by atoms with Crippen LogP contribution in [0.15, 0.2) is 36.4 Å². The van der Waals surface area contributed by atoms with Gasteiger partial charge in [0.15, 0.2) is 5.78 Å². The first-order chi connectivity index (χ1) is 13.2. The zero-order valence-electron chi connectivity index (χ0n) is 16.4. The molecule has 1 aromatic rings. The molecule has 4 rings (SSSR count). The molecule has 2 heteroatoms. The van der Waals surface area contributed by atoms with Crippen LogP contribution in [-0.2, 0) is 9.59 Å². The van der Waals surface area contributed by atoms with E-state index in [-0.39, 0.29) is 17.1 Å². The molecule has 3 fully saturated rings. The lowest BCUT2D eigenvalue weighted by atomic mass is 9.66. The maximum absolute atomic E-state index is 12.8. The summed E-state index contributed by atoms with van der Waals surface area (Å²) in [4.78, 5) is 25.5. The van der Waals surface area contributed by atoms with Gasteiger partial charge in [-0.2, -0.15) is 0 Å². The zero-order chi connectivity index (χ0) is 18.7. The molecule has 144 valence electrons. The van der Waals surface area contributed by atoms with E-state index in [0.29, 0.717) is 12.2 Å². The molecule has 2 nitrogen and oxygen atoms in total. The van der Waals surface area contributed by atoms with Crippen molar-refractivity contribution in [3.05, 3.63) is 42.0 Å². The van der Waals surface area contributed by atoms with Crippen molar-refractivity contribution in [3.8, 4) is 0 Å². The summed E-state index contributed by atoms with van der Waals surface area (Å²) in [5.41, 5.74) is 0.824. The zero-order valence-corrected chi connectivity index (χ0v) is 16.4. The first-order valence-electron chi connectivity index (χ1n) is 11.0. The summed E-state index contributed by atoms with van der Waals surface area (Å²) in [7, 11) is 0. The fourth-order valence-electron chi connectivity index (χ4n) is 5.42. The molecule has 0 radical (unpaired) electrons. The van der Waals surface area contributed by atoms with Crippen molar-refractivity contribution < 1.29 is 9.59 Å². The van der Waals surface area contributed by atoms with Gasteiger partial charge in [0.2, 0.25) is 0 Å². The first-order valence-corrected chi connectivity index (χ1v) is 11.0. The van der Waals surface area contributed by atoms with Crippen LogP contribution < -0.4 is 0 Å². The van der Waals surface area contributed by atoms with E-state index in [1.807, 2.05) is 36.4 Å². The number of hydrogen-bond donors (Lipinski definition) is 0. The maximum atomic E-state index is 12.8. The predicted octanol–water partition coefficient (Wildman–Crippen LogP) is 6.00. The monoisotopic (exact) mass is 364 g/mol. The van der Waals surface area contributed by atoms with Gasteiger partial charge in [-0.15, -0.1) is 0 Å². The summed E-state index contributed by atoms with van der Waals surface area (Å²) in [5, 5.41) is 0. The molecule has 0 spiro atoms. The number of carbonyl (C=O) groups excluding carboxylic acids is 2. The summed E-state index contributed by atoms with van der Waals surface area (Å²) < 4.78 is 0. The molecule has 3 aliphatic rings. The minimum atomic E-state index is -0.233. The second-order valence-corrected chi connectivity index (χ2v) is 9.17. The largest absolute Gasteiger partial charge is 0.299 e. The topological polar surface area (TPSA) is 34.1 Å². The third-order valence-corrected chi connectivity index (χ3v) is 7.45. The lowest BCUT2D eigenvalue weighted by molar-refractivity contribution is -0.126. The van der Waals surface area contributed by atoms with Crippen molar-refractivity contribution in [1.29, 1.82) is 0 Å². The van der Waals surface area contributed by atoms with Crippen LogP contribution in [0.5, 0.6) is 0 Å². The highest BCUT2D eigenvalue weighted by Crippen LogP contribution is 2.51. The predicted molar refractivity (Wildman–Crippen MR) is 109 cm³/mol. The molecule has 1 aromatic carbocycles. The Morgan fingerprint density at radius 1 is 0.963 bits per heavy atom. The number of Topliss-reactive ketones (excluding diaryl/α,β-unsaturated/α-hetero) is 1. The summed E-state index contributed by atoms with van der Waals surface area (Å²) in [5.74, 6) is 2.62. The third-order valence-electron chi connectivity index (χ3n) is 7.45. The normalized spacial score (nSPS) is 29.3. The SMILES string of the molecule is O=C(CCC1(C(=O)C=Cc2ccccc2)CC1)C1CCC2CCCCC2C1. The van der Waals surface area contributed by atoms with Gasteiger partial charge in [-0.05, 0) is 62.0 Å². The number of hydrogen-bond acceptors (Lipinski definition) is 2. The Morgan fingerprint density at radius 2 is 1.70 bits per heavy atom. The van der Waals surface area contributed by atoms with Crippen molar-refractivity contribution in [2.45, 2.75) is 70.6 Å². The number of benzene rings is 1. The lowest BCUT2D eigenvalue weighted by Crippen LogP contribution is -2.31. The van der Waals surface area contributed by atoms with E-state index in [0.717, 1.165) is 49.5 Å². The molecule has 0 N–H and O–H groups in total. The highest BCUT2D eigenvalue weighted by atomic mass is 16.1. The van der Waals surface area contributed by atoms with Crippen LogP contribution in [0.4, 0.5) is 0 Å². The molecule has 3 aliphatic carbocycles. The fraction of sp³-hybridized carbons (Fsp3) is 0.600. The van der Waals surface area contributed by atoms with Gasteiger partial charge in [-0.25, -0.2) is 0 Å². The number of allylic oxidation sites excluding steroid dienone is 1. The quantitative estimate of drug-likeness (QED) is 0.556. The molecule has 3 atom stereocenters. The van der Waals surface area contributed by atoms with Crippen molar-refractivity contribution in [3.63, 3.8) is 0 Å². The van der Waals surface area contributed by atoms with Gasteiger partial charge in [-0.3, -0.25) is 9.59 Å². The number of carbonyl (C=O) groups is 2. The van der Waals surface area contributed by atoms with Gasteiger partial charge in [-0.1, -0.05) is 62.1 Å². The molecule has 27 heavy (non-hydrogen) atoms. The minimum Gasteiger partial charge on any atom is -0.299 e. The van der Waals surface area contributed by atoms with Crippen molar-refractivity contribution in [2.75, 3.05) is 0 Å². The van der Waals surface area contributed by atoms with E-state index in [1.165, 1.54) is 32.1 Å². The van der Waals surface area contributed by atoms with Crippen LogP contribution in [0.3, 0.4) is 0 Å². The average Bonchev–Trinajstić information content (AvgIpc) is 3.52. The lowest BCUT2D eigenvalue weighted by Gasteiger charge is -2.38. The van der Waals surface area contributed by atoms with Crippen molar-refractivity contribution in [2.24, 2.45) is 23.2 Å². The van der Waals surface area contributed by atoms with E-state index in [2.05, 4.69) is 0 Å². The van der Waals surface area contributed by atoms with Crippen LogP contribution >= 0.6 is 0 Å². The second kappa shape index (κ2) is 8.12. The maximum Gasteiger partial charge on any atom is 0.161 e. The number of ketones is 2. The smallest absolute Gasteiger partial charge is 0.161 e. The Bertz CT molecular complexity index is 698. The van der Waals surface area contributed by atoms with Gasteiger partial charge in [0.25, 0.3) is 0 Å². The average molecular weight is 365 g/mol. The summed E-state index contributed by atoms with van der Waals surface area (Å²) in [6.45, 7) is 0. The molecule has 0 aromatic heterocycles. The molecule has 0 heterocycles. The van der Waals surface area contributed by atoms with Crippen molar-refractivity contribution in [1.82, 2.24) is 0 Å². The highest BCUT2D eigenvalue weighted by molar-refractivity contribution is 6.00. The van der Waals surface area contributed by atoms with Crippen LogP contribution in [0.2, 0.25) is 0 Å². The summed E-state index contributed by atoms with van der Waals surface area (Å²) in [6.07, 6.45) is 15.8. The van der Waals surface area contributed by atoms with E-state index in [4.69, 9.17) is 0 Å². The van der Waals surface area contributed by atoms with E-state index >= 15 is 0 Å². The Labute approximate surface area is 163 Å². The fourth-order valence-corrected chi connectivity index (χ4v) is 5.42. The second-order valence-electron chi connectivity index (χ2n) is 9.17. The van der Waals surface area contributed by atoms with Crippen LogP contribution in [0, 0.1) is 23.2 Å². The van der Waals surface area contributed by atoms with Gasteiger partial charge in [0.1, 0.15) is 5.78 Å². The molecule has 3 saturated carbocycles. The first kappa shape index (κ1) is 18.7. The third kappa shape index (κ3) is 4.42. The van der Waals surface area contributed by atoms with Gasteiger partial charge >= 0.3 is 0 Å². The van der Waals surface area contributed by atoms with Gasteiger partial charge in [0, 0.05) is 17.8 Å². The summed E-state index contributed by atoms with van der Waals surface area (Å²) >= 11 is 0. The molecular weight excluding hydrogens is 332 g/mol. The molecular formula is C25H32O2. The van der Waals surface area contributed by atoms with E-state index < -0.39 is 0 Å². The Kier molecular flexibility index (Phi) is 5.61. The number of rotatable bonds is 7. The summed E-state index contributed by atoms with van der Waals surface area (Å²) in [6, 6.07) is 9.96. The van der Waals surface area contributed by atoms with E-state index in [9.17, 15) is 9.59 Å². The Hall–Kier alpha value is -1.70. The number of fused-ring (bicyclic) bond motifs is 1. The molecule has 0 amide bonds. The highest BCUT2D eigenvalue weighted by Gasteiger charge is 2.48. The standard InChI is InChI=1S/C25H32O2/c26-23(22-12-11-20-8-4-5-9-21(20)18-22)14-15-25(16-17-25)24(27)13-10-19-6-2-1-3-7-19/h1-3,6-7,10,13,20-22H,4-5,8-9,11-12,14-18H2. The van der Waals surface area contributed by atoms with Crippen LogP contribution in [0.25, 0.3) is 6.08 Å². The molecule has 3 unspecified atom stereocenters. The van der Waals surface area contributed by atoms with Gasteiger partial charge in [0.05, 0.1) is 0 Å². The van der Waals surface area contributed by atoms with E-state index in [1.54, 1.807) is 6.08 Å². The Morgan fingerprint density at radius 3 is 2.44 bits per heavy atom. The Balaban J connectivity index is 1.28. The molecule has 0 saturated heterocycles. The minimum absolute atomic E-state index is 0.218.